The van der Waals surface area contributed by atoms with Gasteiger partial charge in [0.05, 0.1) is 19.8 Å². The molecule has 3 aromatic rings. The van der Waals surface area contributed by atoms with Gasteiger partial charge in [0, 0.05) is 5.69 Å². The average Bonchev–Trinajstić information content (AvgIpc) is 2.71. The van der Waals surface area contributed by atoms with Gasteiger partial charge in [-0.3, -0.25) is 0 Å². The van der Waals surface area contributed by atoms with Crippen LogP contribution in [0, 0.1) is 0 Å². The van der Waals surface area contributed by atoms with Gasteiger partial charge in [-0.15, -0.1) is 0 Å². The number of benzene rings is 2. The summed E-state index contributed by atoms with van der Waals surface area (Å²) in [6.45, 7) is 0. The topological polar surface area (TPSA) is 109 Å². The second-order valence-corrected chi connectivity index (χ2v) is 5.39. The molecule has 1 aromatic heterocycles. The fourth-order valence-corrected chi connectivity index (χ4v) is 2.31. The van der Waals surface area contributed by atoms with Crippen molar-refractivity contribution in [1.82, 2.24) is 9.97 Å². The number of ether oxygens (including phenoxy) is 3. The number of para-hydroxylation sites is 2. The summed E-state index contributed by atoms with van der Waals surface area (Å²) in [5.41, 5.74) is 7.51. The molecule has 0 bridgehead atoms. The van der Waals surface area contributed by atoms with Gasteiger partial charge in [-0.05, 0) is 36.4 Å². The SMILES string of the molecule is COC(=O)c1ccc(Nc2ncnc(Oc3ccccc3OC)c2N)cc1. The van der Waals surface area contributed by atoms with Crippen LogP contribution in [0.3, 0.4) is 0 Å². The second-order valence-electron chi connectivity index (χ2n) is 5.39. The predicted octanol–water partition coefficient (Wildman–Crippen LogP) is 3.39. The number of hydrogen-bond donors (Lipinski definition) is 2. The fourth-order valence-electron chi connectivity index (χ4n) is 2.31. The van der Waals surface area contributed by atoms with Crippen LogP contribution in [0.2, 0.25) is 0 Å². The van der Waals surface area contributed by atoms with Crippen molar-refractivity contribution in [2.45, 2.75) is 0 Å². The fraction of sp³-hybridized carbons (Fsp3) is 0.105. The maximum absolute atomic E-state index is 11.5. The number of nitrogens with one attached hydrogen (secondary N) is 1. The number of nitrogen functional groups attached to an aromatic ring is 1. The van der Waals surface area contributed by atoms with Gasteiger partial charge >= 0.3 is 5.97 Å². The number of nitrogens with zero attached hydrogens (tertiary/aromatic N) is 2. The molecule has 8 heteroatoms. The average molecular weight is 366 g/mol. The van der Waals surface area contributed by atoms with Crippen molar-refractivity contribution in [2.75, 3.05) is 25.3 Å². The third-order valence-electron chi connectivity index (χ3n) is 3.69. The highest BCUT2D eigenvalue weighted by molar-refractivity contribution is 5.89. The molecular weight excluding hydrogens is 348 g/mol. The first-order chi connectivity index (χ1) is 13.1. The number of esters is 1. The smallest absolute Gasteiger partial charge is 0.337 e. The van der Waals surface area contributed by atoms with Crippen LogP contribution in [-0.2, 0) is 4.74 Å². The van der Waals surface area contributed by atoms with Crippen molar-refractivity contribution in [1.29, 1.82) is 0 Å². The Balaban J connectivity index is 1.81. The highest BCUT2D eigenvalue weighted by atomic mass is 16.5. The molecule has 0 saturated heterocycles. The van der Waals surface area contributed by atoms with Crippen LogP contribution in [0.5, 0.6) is 17.4 Å². The molecule has 0 unspecified atom stereocenters. The quantitative estimate of drug-likeness (QED) is 0.639. The van der Waals surface area contributed by atoms with Crippen LogP contribution in [-0.4, -0.2) is 30.2 Å². The van der Waals surface area contributed by atoms with Crippen LogP contribution in [0.15, 0.2) is 54.9 Å². The Morgan fingerprint density at radius 1 is 1.00 bits per heavy atom. The van der Waals surface area contributed by atoms with Gasteiger partial charge in [0.2, 0.25) is 5.88 Å². The molecule has 0 amide bonds. The van der Waals surface area contributed by atoms with E-state index < -0.39 is 5.97 Å². The molecule has 1 heterocycles. The summed E-state index contributed by atoms with van der Waals surface area (Å²) in [6, 6.07) is 13.9. The number of methoxy groups -OCH3 is 2. The van der Waals surface area contributed by atoms with E-state index in [9.17, 15) is 4.79 Å². The molecular formula is C19H18N4O4. The lowest BCUT2D eigenvalue weighted by atomic mass is 10.2. The summed E-state index contributed by atoms with van der Waals surface area (Å²) in [4.78, 5) is 19.7. The molecule has 0 radical (unpaired) electrons. The first kappa shape index (κ1) is 18.0. The number of nitrogens with two attached hydrogens (primary N) is 1. The predicted molar refractivity (Wildman–Crippen MR) is 101 cm³/mol. The second kappa shape index (κ2) is 8.05. The maximum Gasteiger partial charge on any atom is 0.337 e. The van der Waals surface area contributed by atoms with E-state index >= 15 is 0 Å². The van der Waals surface area contributed by atoms with Crippen molar-refractivity contribution in [2.24, 2.45) is 0 Å². The van der Waals surface area contributed by atoms with E-state index in [2.05, 4.69) is 20.0 Å². The Morgan fingerprint density at radius 2 is 1.70 bits per heavy atom. The van der Waals surface area contributed by atoms with Gasteiger partial charge in [-0.25, -0.2) is 9.78 Å². The summed E-state index contributed by atoms with van der Waals surface area (Å²) >= 11 is 0. The van der Waals surface area contributed by atoms with E-state index in [4.69, 9.17) is 15.2 Å². The standard InChI is InChI=1S/C19H18N4O4/c1-25-14-5-3-4-6-15(14)27-18-16(20)17(21-11-22-18)23-13-9-7-12(8-10-13)19(24)26-2/h3-11H,20H2,1-2H3,(H,21,22,23). The molecule has 27 heavy (non-hydrogen) atoms. The normalized spacial score (nSPS) is 10.1. The van der Waals surface area contributed by atoms with Crippen molar-refractivity contribution in [3.63, 3.8) is 0 Å². The monoisotopic (exact) mass is 366 g/mol. The Morgan fingerprint density at radius 3 is 2.37 bits per heavy atom. The Labute approximate surface area is 155 Å². The van der Waals surface area contributed by atoms with Crippen molar-refractivity contribution >= 4 is 23.2 Å². The van der Waals surface area contributed by atoms with Crippen LogP contribution in [0.1, 0.15) is 10.4 Å². The summed E-state index contributed by atoms with van der Waals surface area (Å²) < 4.78 is 15.7. The first-order valence-corrected chi connectivity index (χ1v) is 7.99. The summed E-state index contributed by atoms with van der Waals surface area (Å²) in [5, 5.41) is 3.07. The van der Waals surface area contributed by atoms with E-state index in [1.807, 2.05) is 12.1 Å². The van der Waals surface area contributed by atoms with Gasteiger partial charge in [-0.1, -0.05) is 12.1 Å². The van der Waals surface area contributed by atoms with Crippen molar-refractivity contribution in [3.05, 3.63) is 60.4 Å². The Kier molecular flexibility index (Phi) is 5.36. The van der Waals surface area contributed by atoms with Gasteiger partial charge in [0.15, 0.2) is 17.3 Å². The molecule has 0 fully saturated rings. The minimum atomic E-state index is -0.407. The first-order valence-electron chi connectivity index (χ1n) is 7.99. The van der Waals surface area contributed by atoms with E-state index in [0.717, 1.165) is 0 Å². The molecule has 0 saturated carbocycles. The number of hydrogen-bond acceptors (Lipinski definition) is 8. The van der Waals surface area contributed by atoms with Gasteiger partial charge < -0.3 is 25.3 Å². The zero-order valence-electron chi connectivity index (χ0n) is 14.8. The molecule has 0 spiro atoms. The number of rotatable bonds is 6. The summed E-state index contributed by atoms with van der Waals surface area (Å²) in [6.07, 6.45) is 1.34. The molecule has 0 aliphatic heterocycles. The third kappa shape index (κ3) is 4.06. The zero-order valence-corrected chi connectivity index (χ0v) is 14.8. The van der Waals surface area contributed by atoms with Crippen molar-refractivity contribution in [3.8, 4) is 17.4 Å². The minimum Gasteiger partial charge on any atom is -0.493 e. The zero-order chi connectivity index (χ0) is 19.2. The van der Waals surface area contributed by atoms with Gasteiger partial charge in [0.25, 0.3) is 0 Å². The number of aromatic nitrogens is 2. The lowest BCUT2D eigenvalue weighted by molar-refractivity contribution is 0.0601. The molecule has 2 aromatic carbocycles. The van der Waals surface area contributed by atoms with Gasteiger partial charge in [0.1, 0.15) is 12.0 Å². The number of carbonyl (C=O) groups excluding carboxylic acids is 1. The lowest BCUT2D eigenvalue weighted by Crippen LogP contribution is -2.04. The molecule has 0 aliphatic rings. The lowest BCUT2D eigenvalue weighted by Gasteiger charge is -2.13. The van der Waals surface area contributed by atoms with E-state index in [-0.39, 0.29) is 11.6 Å². The summed E-state index contributed by atoms with van der Waals surface area (Å²) in [5.74, 6) is 1.21. The molecule has 8 nitrogen and oxygen atoms in total. The number of anilines is 3. The molecule has 0 aliphatic carbocycles. The van der Waals surface area contributed by atoms with E-state index in [0.29, 0.717) is 28.6 Å². The van der Waals surface area contributed by atoms with Gasteiger partial charge in [-0.2, -0.15) is 4.98 Å². The highest BCUT2D eigenvalue weighted by Gasteiger charge is 2.13. The largest absolute Gasteiger partial charge is 0.493 e. The highest BCUT2D eigenvalue weighted by Crippen LogP contribution is 2.35. The van der Waals surface area contributed by atoms with Crippen LogP contribution in [0.25, 0.3) is 0 Å². The molecule has 0 atom stereocenters. The Bertz CT molecular complexity index is 945. The molecule has 138 valence electrons. The molecule has 3 N–H and O–H groups in total. The maximum atomic E-state index is 11.5. The summed E-state index contributed by atoms with van der Waals surface area (Å²) in [7, 11) is 2.88. The number of carbonyl (C=O) groups is 1. The minimum absolute atomic E-state index is 0.197. The van der Waals surface area contributed by atoms with Crippen LogP contribution < -0.4 is 20.5 Å². The third-order valence-corrected chi connectivity index (χ3v) is 3.69. The van der Waals surface area contributed by atoms with E-state index in [1.165, 1.54) is 13.4 Å². The molecule has 3 rings (SSSR count). The Hall–Kier alpha value is -3.81. The van der Waals surface area contributed by atoms with E-state index in [1.54, 1.807) is 43.5 Å². The van der Waals surface area contributed by atoms with Crippen LogP contribution in [0.4, 0.5) is 17.2 Å². The van der Waals surface area contributed by atoms with Crippen molar-refractivity contribution < 1.29 is 19.0 Å². The van der Waals surface area contributed by atoms with Crippen LogP contribution >= 0.6 is 0 Å².